The van der Waals surface area contributed by atoms with Crippen LogP contribution in [0.5, 0.6) is 0 Å². The first kappa shape index (κ1) is 10.4. The van der Waals surface area contributed by atoms with Crippen molar-refractivity contribution in [1.82, 2.24) is 0 Å². The van der Waals surface area contributed by atoms with Gasteiger partial charge in [-0.1, -0.05) is 41.6 Å². The Morgan fingerprint density at radius 2 is 1.67 bits per heavy atom. The highest BCUT2D eigenvalue weighted by atomic mass is 35.5. The molecule has 0 aliphatic carbocycles. The topological polar surface area (TPSA) is 26.0 Å². The number of hydrogen-bond acceptors (Lipinski definition) is 2. The second kappa shape index (κ2) is 4.60. The second-order valence-electron chi connectivity index (χ2n) is 3.10. The zero-order valence-electron chi connectivity index (χ0n) is 7.98. The molecule has 0 aliphatic heterocycles. The standard InChI is InChI=1S/C12H10ClNS/c13-11-7-6-10(8-12(11)14)15-9-4-2-1-3-5-9/h1-8H,14H2. The van der Waals surface area contributed by atoms with Gasteiger partial charge in [-0.25, -0.2) is 0 Å². The Morgan fingerprint density at radius 3 is 2.33 bits per heavy atom. The number of anilines is 1. The minimum atomic E-state index is 0.604. The lowest BCUT2D eigenvalue weighted by atomic mass is 10.3. The number of halogens is 1. The summed E-state index contributed by atoms with van der Waals surface area (Å²) in [6.45, 7) is 0. The minimum absolute atomic E-state index is 0.604. The maximum atomic E-state index is 5.85. The van der Waals surface area contributed by atoms with Crippen LogP contribution >= 0.6 is 23.4 Å². The van der Waals surface area contributed by atoms with E-state index in [1.54, 1.807) is 11.8 Å². The van der Waals surface area contributed by atoms with E-state index in [1.807, 2.05) is 36.4 Å². The van der Waals surface area contributed by atoms with Gasteiger partial charge in [0, 0.05) is 9.79 Å². The molecule has 0 aromatic heterocycles. The molecule has 0 saturated heterocycles. The maximum Gasteiger partial charge on any atom is 0.0636 e. The highest BCUT2D eigenvalue weighted by molar-refractivity contribution is 7.99. The predicted octanol–water partition coefficient (Wildman–Crippen LogP) is 4.07. The molecule has 0 aliphatic rings. The van der Waals surface area contributed by atoms with Crippen LogP contribution in [0.1, 0.15) is 0 Å². The van der Waals surface area contributed by atoms with Gasteiger partial charge in [-0.3, -0.25) is 0 Å². The van der Waals surface area contributed by atoms with Gasteiger partial charge in [0.05, 0.1) is 10.7 Å². The minimum Gasteiger partial charge on any atom is -0.397 e. The summed E-state index contributed by atoms with van der Waals surface area (Å²) >= 11 is 7.52. The Kier molecular flexibility index (Phi) is 3.19. The monoisotopic (exact) mass is 235 g/mol. The molecule has 0 amide bonds. The zero-order valence-corrected chi connectivity index (χ0v) is 9.55. The van der Waals surface area contributed by atoms with Crippen molar-refractivity contribution in [1.29, 1.82) is 0 Å². The van der Waals surface area contributed by atoms with Gasteiger partial charge in [0.15, 0.2) is 0 Å². The summed E-state index contributed by atoms with van der Waals surface area (Å²) in [6, 6.07) is 15.8. The molecule has 2 rings (SSSR count). The van der Waals surface area contributed by atoms with E-state index in [0.29, 0.717) is 10.7 Å². The average Bonchev–Trinajstić information content (AvgIpc) is 2.25. The van der Waals surface area contributed by atoms with Crippen molar-refractivity contribution in [2.75, 3.05) is 5.73 Å². The zero-order chi connectivity index (χ0) is 10.7. The molecule has 0 heterocycles. The van der Waals surface area contributed by atoms with Crippen molar-refractivity contribution in [3.8, 4) is 0 Å². The Labute approximate surface area is 98.3 Å². The molecule has 2 aromatic carbocycles. The van der Waals surface area contributed by atoms with Crippen LogP contribution in [0.25, 0.3) is 0 Å². The highest BCUT2D eigenvalue weighted by Crippen LogP contribution is 2.31. The molecular weight excluding hydrogens is 226 g/mol. The molecule has 0 saturated carbocycles. The number of nitrogen functional groups attached to an aromatic ring is 1. The molecule has 0 spiro atoms. The van der Waals surface area contributed by atoms with Crippen LogP contribution in [0.4, 0.5) is 5.69 Å². The fourth-order valence-corrected chi connectivity index (χ4v) is 2.21. The fraction of sp³-hybridized carbons (Fsp3) is 0. The van der Waals surface area contributed by atoms with Crippen molar-refractivity contribution >= 4 is 29.1 Å². The van der Waals surface area contributed by atoms with E-state index >= 15 is 0 Å². The lowest BCUT2D eigenvalue weighted by molar-refractivity contribution is 1.41. The number of benzene rings is 2. The third-order valence-electron chi connectivity index (χ3n) is 1.95. The van der Waals surface area contributed by atoms with Gasteiger partial charge >= 0.3 is 0 Å². The van der Waals surface area contributed by atoms with Gasteiger partial charge in [0.25, 0.3) is 0 Å². The molecule has 0 atom stereocenters. The van der Waals surface area contributed by atoms with E-state index in [1.165, 1.54) is 4.90 Å². The number of rotatable bonds is 2. The van der Waals surface area contributed by atoms with Gasteiger partial charge < -0.3 is 5.73 Å². The molecule has 0 bridgehead atoms. The van der Waals surface area contributed by atoms with Crippen LogP contribution in [-0.4, -0.2) is 0 Å². The van der Waals surface area contributed by atoms with E-state index in [-0.39, 0.29) is 0 Å². The van der Waals surface area contributed by atoms with E-state index in [4.69, 9.17) is 17.3 Å². The van der Waals surface area contributed by atoms with Crippen molar-refractivity contribution in [2.45, 2.75) is 9.79 Å². The smallest absolute Gasteiger partial charge is 0.0636 e. The molecular formula is C12H10ClNS. The third kappa shape index (κ3) is 2.67. The van der Waals surface area contributed by atoms with Crippen LogP contribution in [0.2, 0.25) is 5.02 Å². The summed E-state index contributed by atoms with van der Waals surface area (Å²) in [5.41, 5.74) is 6.35. The van der Waals surface area contributed by atoms with Crippen molar-refractivity contribution < 1.29 is 0 Å². The van der Waals surface area contributed by atoms with Crippen LogP contribution in [0.15, 0.2) is 58.3 Å². The Balaban J connectivity index is 2.22. The second-order valence-corrected chi connectivity index (χ2v) is 4.65. The van der Waals surface area contributed by atoms with E-state index in [2.05, 4.69) is 12.1 Å². The van der Waals surface area contributed by atoms with Crippen molar-refractivity contribution in [3.05, 3.63) is 53.6 Å². The highest BCUT2D eigenvalue weighted by Gasteiger charge is 2.00. The summed E-state index contributed by atoms with van der Waals surface area (Å²) in [5.74, 6) is 0. The summed E-state index contributed by atoms with van der Waals surface area (Å²) in [6.07, 6.45) is 0. The summed E-state index contributed by atoms with van der Waals surface area (Å²) in [5, 5.41) is 0.604. The van der Waals surface area contributed by atoms with Crippen molar-refractivity contribution in [2.24, 2.45) is 0 Å². The summed E-state index contributed by atoms with van der Waals surface area (Å²) in [7, 11) is 0. The Morgan fingerprint density at radius 1 is 0.933 bits per heavy atom. The fourth-order valence-electron chi connectivity index (χ4n) is 1.21. The van der Waals surface area contributed by atoms with Gasteiger partial charge in [-0.05, 0) is 30.3 Å². The van der Waals surface area contributed by atoms with Gasteiger partial charge in [0.2, 0.25) is 0 Å². The molecule has 1 nitrogen and oxygen atoms in total. The molecule has 0 unspecified atom stereocenters. The van der Waals surface area contributed by atoms with E-state index in [0.717, 1.165) is 4.90 Å². The number of hydrogen-bond donors (Lipinski definition) is 1. The molecule has 76 valence electrons. The van der Waals surface area contributed by atoms with Crippen molar-refractivity contribution in [3.63, 3.8) is 0 Å². The molecule has 2 N–H and O–H groups in total. The first-order chi connectivity index (χ1) is 7.25. The molecule has 2 aromatic rings. The Hall–Kier alpha value is -1.12. The molecule has 3 heteroatoms. The average molecular weight is 236 g/mol. The molecule has 15 heavy (non-hydrogen) atoms. The third-order valence-corrected chi connectivity index (χ3v) is 3.29. The Bertz CT molecular complexity index is 456. The predicted molar refractivity (Wildman–Crippen MR) is 66.4 cm³/mol. The summed E-state index contributed by atoms with van der Waals surface area (Å²) in [4.78, 5) is 2.29. The molecule has 0 radical (unpaired) electrons. The van der Waals surface area contributed by atoms with Crippen LogP contribution < -0.4 is 5.73 Å². The van der Waals surface area contributed by atoms with E-state index < -0.39 is 0 Å². The van der Waals surface area contributed by atoms with Crippen LogP contribution in [-0.2, 0) is 0 Å². The SMILES string of the molecule is Nc1cc(Sc2ccccc2)ccc1Cl. The first-order valence-electron chi connectivity index (χ1n) is 4.53. The first-order valence-corrected chi connectivity index (χ1v) is 5.73. The van der Waals surface area contributed by atoms with Gasteiger partial charge in [-0.15, -0.1) is 0 Å². The van der Waals surface area contributed by atoms with Gasteiger partial charge in [0.1, 0.15) is 0 Å². The van der Waals surface area contributed by atoms with E-state index in [9.17, 15) is 0 Å². The normalized spacial score (nSPS) is 10.2. The molecule has 0 fully saturated rings. The maximum absolute atomic E-state index is 5.85. The largest absolute Gasteiger partial charge is 0.397 e. The lowest BCUT2D eigenvalue weighted by Gasteiger charge is -2.03. The van der Waals surface area contributed by atoms with Crippen LogP contribution in [0.3, 0.4) is 0 Å². The van der Waals surface area contributed by atoms with Crippen LogP contribution in [0, 0.1) is 0 Å². The van der Waals surface area contributed by atoms with Gasteiger partial charge in [-0.2, -0.15) is 0 Å². The number of nitrogens with two attached hydrogens (primary N) is 1. The lowest BCUT2D eigenvalue weighted by Crippen LogP contribution is -1.85. The summed E-state index contributed by atoms with van der Waals surface area (Å²) < 4.78 is 0. The quantitative estimate of drug-likeness (QED) is 0.794.